The maximum absolute atomic E-state index is 5.47. The van der Waals surface area contributed by atoms with Crippen molar-refractivity contribution >= 4 is 5.69 Å². The van der Waals surface area contributed by atoms with Crippen LogP contribution in [0.1, 0.15) is 26.0 Å². The Balaban J connectivity index is 2.01. The highest BCUT2D eigenvalue weighted by atomic mass is 16.5. The average molecular weight is 249 g/mol. The summed E-state index contributed by atoms with van der Waals surface area (Å²) in [4.78, 5) is 6.81. The van der Waals surface area contributed by atoms with Crippen molar-refractivity contribution in [3.8, 4) is 0 Å². The second-order valence-corrected chi connectivity index (χ2v) is 4.80. The molecule has 0 amide bonds. The van der Waals surface area contributed by atoms with Gasteiger partial charge in [0.1, 0.15) is 0 Å². The molecule has 4 heteroatoms. The van der Waals surface area contributed by atoms with Crippen LogP contribution in [-0.2, 0) is 11.3 Å². The molecule has 1 saturated heterocycles. The zero-order valence-electron chi connectivity index (χ0n) is 11.4. The van der Waals surface area contributed by atoms with Crippen LogP contribution in [0.5, 0.6) is 0 Å². The van der Waals surface area contributed by atoms with Gasteiger partial charge in [0.15, 0.2) is 0 Å². The monoisotopic (exact) mass is 249 g/mol. The van der Waals surface area contributed by atoms with Crippen LogP contribution in [0.4, 0.5) is 5.69 Å². The molecule has 0 aliphatic carbocycles. The van der Waals surface area contributed by atoms with Crippen LogP contribution in [0.3, 0.4) is 0 Å². The third-order valence-electron chi connectivity index (χ3n) is 3.23. The Labute approximate surface area is 109 Å². The standard InChI is InChI=1S/C14H23N3O/c1-3-5-15-10-13-9-14(4-6-16-13)17-7-8-18-11-12(17)2/h4,6,9,12,15H,3,5,7-8,10-11H2,1-2H3. The number of nitrogens with one attached hydrogen (secondary N) is 1. The highest BCUT2D eigenvalue weighted by Gasteiger charge is 2.19. The Kier molecular flexibility index (Phi) is 4.96. The molecule has 4 nitrogen and oxygen atoms in total. The molecule has 0 bridgehead atoms. The van der Waals surface area contributed by atoms with Gasteiger partial charge in [-0.2, -0.15) is 0 Å². The summed E-state index contributed by atoms with van der Waals surface area (Å²) < 4.78 is 5.47. The average Bonchev–Trinajstić information content (AvgIpc) is 2.40. The van der Waals surface area contributed by atoms with E-state index in [1.165, 1.54) is 5.69 Å². The molecule has 0 aromatic carbocycles. The van der Waals surface area contributed by atoms with Crippen molar-refractivity contribution in [2.75, 3.05) is 31.2 Å². The van der Waals surface area contributed by atoms with Crippen LogP contribution in [-0.4, -0.2) is 37.3 Å². The Morgan fingerprint density at radius 2 is 2.44 bits per heavy atom. The fraction of sp³-hybridized carbons (Fsp3) is 0.643. The molecule has 1 aromatic heterocycles. The molecule has 18 heavy (non-hydrogen) atoms. The Morgan fingerprint density at radius 1 is 1.56 bits per heavy atom. The lowest BCUT2D eigenvalue weighted by Crippen LogP contribution is -2.43. The highest BCUT2D eigenvalue weighted by molar-refractivity contribution is 5.47. The lowest BCUT2D eigenvalue weighted by Gasteiger charge is -2.35. The van der Waals surface area contributed by atoms with E-state index >= 15 is 0 Å². The lowest BCUT2D eigenvalue weighted by atomic mass is 10.2. The molecular formula is C14H23N3O. The number of anilines is 1. The minimum atomic E-state index is 0.442. The van der Waals surface area contributed by atoms with Gasteiger partial charge in [0.25, 0.3) is 0 Å². The van der Waals surface area contributed by atoms with Crippen LogP contribution >= 0.6 is 0 Å². The largest absolute Gasteiger partial charge is 0.377 e. The molecule has 1 unspecified atom stereocenters. The number of pyridine rings is 1. The Hall–Kier alpha value is -1.13. The summed E-state index contributed by atoms with van der Waals surface area (Å²) in [7, 11) is 0. The van der Waals surface area contributed by atoms with Gasteiger partial charge in [-0.15, -0.1) is 0 Å². The first kappa shape index (κ1) is 13.3. The number of aromatic nitrogens is 1. The van der Waals surface area contributed by atoms with E-state index in [4.69, 9.17) is 4.74 Å². The van der Waals surface area contributed by atoms with Gasteiger partial charge in [-0.3, -0.25) is 4.98 Å². The normalized spacial score (nSPS) is 20.1. The third kappa shape index (κ3) is 3.43. The van der Waals surface area contributed by atoms with Crippen molar-refractivity contribution in [2.24, 2.45) is 0 Å². The molecule has 1 N–H and O–H groups in total. The number of rotatable bonds is 5. The number of hydrogen-bond donors (Lipinski definition) is 1. The van der Waals surface area contributed by atoms with Crippen molar-refractivity contribution in [2.45, 2.75) is 32.9 Å². The van der Waals surface area contributed by atoms with E-state index in [0.29, 0.717) is 6.04 Å². The van der Waals surface area contributed by atoms with Crippen molar-refractivity contribution in [1.82, 2.24) is 10.3 Å². The van der Waals surface area contributed by atoms with Crippen molar-refractivity contribution in [1.29, 1.82) is 0 Å². The summed E-state index contributed by atoms with van der Waals surface area (Å²) in [5.74, 6) is 0. The van der Waals surface area contributed by atoms with Crippen LogP contribution in [0, 0.1) is 0 Å². The van der Waals surface area contributed by atoms with Gasteiger partial charge in [-0.05, 0) is 32.0 Å². The first-order valence-electron chi connectivity index (χ1n) is 6.81. The van der Waals surface area contributed by atoms with Gasteiger partial charge in [-0.1, -0.05) is 6.92 Å². The smallest absolute Gasteiger partial charge is 0.0668 e. The van der Waals surface area contributed by atoms with E-state index in [1.54, 1.807) is 0 Å². The lowest BCUT2D eigenvalue weighted by molar-refractivity contribution is 0.0989. The maximum Gasteiger partial charge on any atom is 0.0668 e. The summed E-state index contributed by atoms with van der Waals surface area (Å²) in [5.41, 5.74) is 2.37. The van der Waals surface area contributed by atoms with E-state index in [1.807, 2.05) is 6.20 Å². The van der Waals surface area contributed by atoms with Crippen LogP contribution < -0.4 is 10.2 Å². The minimum Gasteiger partial charge on any atom is -0.377 e. The predicted molar refractivity (Wildman–Crippen MR) is 73.9 cm³/mol. The number of nitrogens with zero attached hydrogens (tertiary/aromatic N) is 2. The van der Waals surface area contributed by atoms with Crippen molar-refractivity contribution in [3.63, 3.8) is 0 Å². The fourth-order valence-electron chi connectivity index (χ4n) is 2.24. The Bertz CT molecular complexity index is 370. The van der Waals surface area contributed by atoms with Crippen LogP contribution in [0.25, 0.3) is 0 Å². The van der Waals surface area contributed by atoms with E-state index < -0.39 is 0 Å². The highest BCUT2D eigenvalue weighted by Crippen LogP contribution is 2.19. The van der Waals surface area contributed by atoms with E-state index in [-0.39, 0.29) is 0 Å². The molecule has 2 heterocycles. The quantitative estimate of drug-likeness (QED) is 0.808. The van der Waals surface area contributed by atoms with E-state index in [9.17, 15) is 0 Å². The summed E-state index contributed by atoms with van der Waals surface area (Å²) in [5, 5.41) is 3.39. The summed E-state index contributed by atoms with van der Waals surface area (Å²) >= 11 is 0. The fourth-order valence-corrected chi connectivity index (χ4v) is 2.24. The summed E-state index contributed by atoms with van der Waals surface area (Å²) in [6.45, 7) is 8.86. The van der Waals surface area contributed by atoms with Gasteiger partial charge in [0.05, 0.1) is 18.9 Å². The number of morpholine rings is 1. The number of ether oxygens (including phenoxy) is 1. The molecule has 0 spiro atoms. The molecular weight excluding hydrogens is 226 g/mol. The van der Waals surface area contributed by atoms with E-state index in [2.05, 4.69) is 41.2 Å². The second kappa shape index (κ2) is 6.71. The maximum atomic E-state index is 5.47. The van der Waals surface area contributed by atoms with Gasteiger partial charge >= 0.3 is 0 Å². The second-order valence-electron chi connectivity index (χ2n) is 4.80. The van der Waals surface area contributed by atoms with Crippen LogP contribution in [0.15, 0.2) is 18.3 Å². The zero-order chi connectivity index (χ0) is 12.8. The van der Waals surface area contributed by atoms with Crippen LogP contribution in [0.2, 0.25) is 0 Å². The van der Waals surface area contributed by atoms with E-state index in [0.717, 1.165) is 45.0 Å². The molecule has 1 aromatic rings. The van der Waals surface area contributed by atoms with Crippen molar-refractivity contribution < 1.29 is 4.74 Å². The topological polar surface area (TPSA) is 37.4 Å². The molecule has 1 aliphatic heterocycles. The molecule has 1 atom stereocenters. The van der Waals surface area contributed by atoms with Gasteiger partial charge in [-0.25, -0.2) is 0 Å². The summed E-state index contributed by atoms with van der Waals surface area (Å²) in [6.07, 6.45) is 3.06. The minimum absolute atomic E-state index is 0.442. The first-order valence-corrected chi connectivity index (χ1v) is 6.81. The Morgan fingerprint density at radius 3 is 3.22 bits per heavy atom. The first-order chi connectivity index (χ1) is 8.81. The molecule has 1 aliphatic rings. The van der Waals surface area contributed by atoms with Gasteiger partial charge in [0.2, 0.25) is 0 Å². The van der Waals surface area contributed by atoms with Gasteiger partial charge in [0, 0.05) is 31.0 Å². The molecule has 100 valence electrons. The van der Waals surface area contributed by atoms with Crippen molar-refractivity contribution in [3.05, 3.63) is 24.0 Å². The van der Waals surface area contributed by atoms with Gasteiger partial charge < -0.3 is 15.0 Å². The SMILES string of the molecule is CCCNCc1cc(N2CCOCC2C)ccn1. The molecule has 0 radical (unpaired) electrons. The molecule has 1 fully saturated rings. The number of hydrogen-bond acceptors (Lipinski definition) is 4. The zero-order valence-corrected chi connectivity index (χ0v) is 11.4. The molecule has 0 saturated carbocycles. The summed E-state index contributed by atoms with van der Waals surface area (Å²) in [6, 6.07) is 4.72. The molecule has 2 rings (SSSR count). The predicted octanol–water partition coefficient (Wildman–Crippen LogP) is 1.81. The third-order valence-corrected chi connectivity index (χ3v) is 3.23.